The van der Waals surface area contributed by atoms with Crippen molar-refractivity contribution in [2.45, 2.75) is 30.2 Å². The van der Waals surface area contributed by atoms with E-state index in [9.17, 15) is 26.7 Å². The molecule has 4 rings (SSSR count). The zero-order valence-corrected chi connectivity index (χ0v) is 18.5. The van der Waals surface area contributed by atoms with Crippen molar-refractivity contribution in [3.05, 3.63) is 35.4 Å². The van der Waals surface area contributed by atoms with Gasteiger partial charge in [0.15, 0.2) is 0 Å². The Labute approximate surface area is 186 Å². The topological polar surface area (TPSA) is 32.7 Å². The first-order valence-corrected chi connectivity index (χ1v) is 12.4. The predicted molar refractivity (Wildman–Crippen MR) is 113 cm³/mol. The summed E-state index contributed by atoms with van der Waals surface area (Å²) in [5.74, 6) is -7.72. The number of likely N-dealkylation sites (tertiary alicyclic amines) is 1. The van der Waals surface area contributed by atoms with Crippen molar-refractivity contribution in [3.8, 4) is 0 Å². The van der Waals surface area contributed by atoms with E-state index in [0.717, 1.165) is 35.8 Å². The van der Waals surface area contributed by atoms with Crippen LogP contribution in [0.25, 0.3) is 0 Å². The molecule has 0 radical (unpaired) electrons. The van der Waals surface area contributed by atoms with Gasteiger partial charge in [0.25, 0.3) is 5.92 Å². The van der Waals surface area contributed by atoms with Gasteiger partial charge in [0.2, 0.25) is 5.91 Å². The Morgan fingerprint density at radius 1 is 1.32 bits per heavy atom. The number of thioether (sulfide) groups is 1. The Morgan fingerprint density at radius 3 is 2.71 bits per heavy atom. The number of rotatable bonds is 5. The Hall–Kier alpha value is -1.29. The molecule has 1 aliphatic carbocycles. The summed E-state index contributed by atoms with van der Waals surface area (Å²) in [4.78, 5) is 14.4. The molecule has 6 unspecified atom stereocenters. The van der Waals surface area contributed by atoms with E-state index < -0.39 is 53.2 Å². The largest absolute Gasteiger partial charge is 0.341 e. The summed E-state index contributed by atoms with van der Waals surface area (Å²) >= 11 is 2.08. The Morgan fingerprint density at radius 2 is 2.03 bits per heavy atom. The van der Waals surface area contributed by atoms with Gasteiger partial charge in [-0.2, -0.15) is 0 Å². The van der Waals surface area contributed by atoms with E-state index in [1.807, 2.05) is 0 Å². The highest BCUT2D eigenvalue weighted by Gasteiger charge is 2.57. The molecule has 1 aromatic carbocycles. The first kappa shape index (κ1) is 22.9. The second-order valence-electron chi connectivity index (χ2n) is 8.35. The zero-order valence-electron chi connectivity index (χ0n) is 16.8. The fourth-order valence-electron chi connectivity index (χ4n) is 4.81. The number of nitrogens with zero attached hydrogens (tertiary/aromatic N) is 2. The molecule has 2 aliphatic heterocycles. The highest BCUT2D eigenvalue weighted by Crippen LogP contribution is 2.58. The molecule has 0 spiro atoms. The molecule has 6 atom stereocenters. The predicted octanol–water partition coefficient (Wildman–Crippen LogP) is 5.18. The molecule has 0 aromatic heterocycles. The highest BCUT2D eigenvalue weighted by atomic mass is 32.2. The number of hydrogen-bond donors (Lipinski definition) is 0. The van der Waals surface area contributed by atoms with Gasteiger partial charge in [-0.15, -0.1) is 11.8 Å². The summed E-state index contributed by atoms with van der Waals surface area (Å²) in [6.07, 6.45) is 2.82. The second kappa shape index (κ2) is 8.92. The van der Waals surface area contributed by atoms with Crippen LogP contribution in [-0.4, -0.2) is 53.5 Å². The van der Waals surface area contributed by atoms with Crippen LogP contribution in [0.5, 0.6) is 0 Å². The van der Waals surface area contributed by atoms with Gasteiger partial charge in [0.1, 0.15) is 17.1 Å². The van der Waals surface area contributed by atoms with Gasteiger partial charge in [0.05, 0.1) is 5.92 Å². The number of piperidine rings is 1. The van der Waals surface area contributed by atoms with Crippen LogP contribution < -0.4 is 0 Å². The third kappa shape index (κ3) is 4.47. The molecule has 10 heteroatoms. The molecule has 1 aromatic rings. The lowest BCUT2D eigenvalue weighted by atomic mass is 9.83. The number of amides is 1. The maximum Gasteiger partial charge on any atom is 0.259 e. The van der Waals surface area contributed by atoms with E-state index >= 15 is 0 Å². The zero-order chi connectivity index (χ0) is 22.3. The standard InChI is InChI=1S/C21H23F5N2OS2/c1-30-27-8-11-9-28(6-5-21(11,25)26)20(29)13-7-12(13)17-14(10-31-19(17)24)18-15(22)3-2-4-16(18)23/h2-4,8,11-14,17,19H,5-7,9-10H2,1H3/b27-8+. The minimum absolute atomic E-state index is 0.0670. The van der Waals surface area contributed by atoms with Crippen molar-refractivity contribution in [2.24, 2.45) is 28.1 Å². The molecular weight excluding hydrogens is 455 g/mol. The summed E-state index contributed by atoms with van der Waals surface area (Å²) in [5, 5.41) is 0. The lowest BCUT2D eigenvalue weighted by Gasteiger charge is -2.37. The van der Waals surface area contributed by atoms with E-state index in [4.69, 9.17) is 0 Å². The minimum Gasteiger partial charge on any atom is -0.341 e. The van der Waals surface area contributed by atoms with Crippen LogP contribution in [-0.2, 0) is 4.79 Å². The summed E-state index contributed by atoms with van der Waals surface area (Å²) < 4.78 is 75.6. The quantitative estimate of drug-likeness (QED) is 0.332. The summed E-state index contributed by atoms with van der Waals surface area (Å²) in [5.41, 5.74) is -1.44. The molecule has 0 N–H and O–H groups in total. The van der Waals surface area contributed by atoms with E-state index in [-0.39, 0.29) is 36.2 Å². The molecule has 3 nitrogen and oxygen atoms in total. The fraction of sp³-hybridized carbons (Fsp3) is 0.619. The van der Waals surface area contributed by atoms with Gasteiger partial charge in [-0.3, -0.25) is 4.79 Å². The molecule has 0 bridgehead atoms. The van der Waals surface area contributed by atoms with Crippen LogP contribution >= 0.6 is 23.7 Å². The minimum atomic E-state index is -2.93. The molecule has 31 heavy (non-hydrogen) atoms. The fourth-order valence-corrected chi connectivity index (χ4v) is 6.48. The van der Waals surface area contributed by atoms with Gasteiger partial charge in [-0.05, 0) is 36.4 Å². The smallest absolute Gasteiger partial charge is 0.259 e. The van der Waals surface area contributed by atoms with Crippen molar-refractivity contribution in [3.63, 3.8) is 0 Å². The Balaban J connectivity index is 1.47. The number of carbonyl (C=O) groups excluding carboxylic acids is 1. The molecule has 1 saturated carbocycles. The van der Waals surface area contributed by atoms with E-state index in [1.165, 1.54) is 17.2 Å². The maximum absolute atomic E-state index is 14.7. The van der Waals surface area contributed by atoms with Crippen LogP contribution in [0.4, 0.5) is 22.0 Å². The van der Waals surface area contributed by atoms with Crippen molar-refractivity contribution in [1.82, 2.24) is 4.90 Å². The number of halogens is 5. The van der Waals surface area contributed by atoms with Crippen LogP contribution in [0.15, 0.2) is 22.6 Å². The molecule has 2 saturated heterocycles. The molecule has 2 heterocycles. The third-order valence-corrected chi connectivity index (χ3v) is 8.07. The van der Waals surface area contributed by atoms with Gasteiger partial charge in [0, 0.05) is 61.1 Å². The van der Waals surface area contributed by atoms with Crippen LogP contribution in [0, 0.1) is 35.3 Å². The molecule has 1 amide bonds. The molecular formula is C21H23F5N2OS2. The third-order valence-electron chi connectivity index (χ3n) is 6.56. The van der Waals surface area contributed by atoms with Gasteiger partial charge < -0.3 is 4.90 Å². The average Bonchev–Trinajstić information content (AvgIpc) is 3.42. The Bertz CT molecular complexity index is 850. The van der Waals surface area contributed by atoms with Crippen molar-refractivity contribution in [2.75, 3.05) is 25.1 Å². The van der Waals surface area contributed by atoms with Crippen molar-refractivity contribution >= 4 is 35.8 Å². The second-order valence-corrected chi connectivity index (χ2v) is 10.0. The first-order chi connectivity index (χ1) is 14.7. The average molecular weight is 479 g/mol. The number of hydrogen-bond acceptors (Lipinski definition) is 4. The van der Waals surface area contributed by atoms with E-state index in [2.05, 4.69) is 4.40 Å². The lowest BCUT2D eigenvalue weighted by molar-refractivity contribution is -0.142. The van der Waals surface area contributed by atoms with E-state index in [1.54, 1.807) is 6.26 Å². The van der Waals surface area contributed by atoms with E-state index in [0.29, 0.717) is 6.42 Å². The summed E-state index contributed by atoms with van der Waals surface area (Å²) in [6, 6.07) is 3.58. The first-order valence-electron chi connectivity index (χ1n) is 10.2. The lowest BCUT2D eigenvalue weighted by Crippen LogP contribution is -2.50. The van der Waals surface area contributed by atoms with Crippen LogP contribution in [0.1, 0.15) is 24.3 Å². The summed E-state index contributed by atoms with van der Waals surface area (Å²) in [6.45, 7) is -0.203. The number of alkyl halides is 3. The van der Waals surface area contributed by atoms with Gasteiger partial charge in [-0.1, -0.05) is 6.07 Å². The normalized spacial score (nSPS) is 35.0. The molecule has 3 aliphatic rings. The van der Waals surface area contributed by atoms with Crippen molar-refractivity contribution in [1.29, 1.82) is 0 Å². The van der Waals surface area contributed by atoms with Gasteiger partial charge >= 0.3 is 0 Å². The highest BCUT2D eigenvalue weighted by molar-refractivity contribution is 8.00. The molecule has 170 valence electrons. The Kier molecular flexibility index (Phi) is 6.59. The monoisotopic (exact) mass is 478 g/mol. The van der Waals surface area contributed by atoms with Gasteiger partial charge in [-0.25, -0.2) is 26.3 Å². The number of benzene rings is 1. The maximum atomic E-state index is 14.7. The van der Waals surface area contributed by atoms with Crippen LogP contribution in [0.3, 0.4) is 0 Å². The summed E-state index contributed by atoms with van der Waals surface area (Å²) in [7, 11) is 0. The number of carbonyl (C=O) groups is 1. The SMILES string of the molecule is CS/N=C/C1CN(C(=O)C2CC2C2C(F)SCC2c2c(F)cccc2F)CCC1(F)F. The van der Waals surface area contributed by atoms with Crippen molar-refractivity contribution < 1.29 is 26.7 Å². The van der Waals surface area contributed by atoms with Crippen LogP contribution in [0.2, 0.25) is 0 Å². The molecule has 3 fully saturated rings.